The third-order valence-corrected chi connectivity index (χ3v) is 7.94. The van der Waals surface area contributed by atoms with Gasteiger partial charge < -0.3 is 10.6 Å². The number of nitrogens with one attached hydrogen (secondary N) is 2. The molecule has 0 aromatic heterocycles. The summed E-state index contributed by atoms with van der Waals surface area (Å²) in [5.41, 5.74) is 3.36. The van der Waals surface area contributed by atoms with Crippen molar-refractivity contribution in [2.75, 3.05) is 19.6 Å². The summed E-state index contributed by atoms with van der Waals surface area (Å²) < 4.78 is 2.32. The summed E-state index contributed by atoms with van der Waals surface area (Å²) in [6.07, 6.45) is 8.70. The van der Waals surface area contributed by atoms with Crippen molar-refractivity contribution in [2.24, 2.45) is 11.8 Å². The Morgan fingerprint density at radius 1 is 1.10 bits per heavy atom. The van der Waals surface area contributed by atoms with Gasteiger partial charge >= 0.3 is 0 Å². The Morgan fingerprint density at radius 2 is 1.85 bits per heavy atom. The molecule has 3 amide bonds. The Labute approximate surface area is 244 Å². The van der Waals surface area contributed by atoms with Gasteiger partial charge in [-0.2, -0.15) is 0 Å². The first-order valence-electron chi connectivity index (χ1n) is 15.1. The summed E-state index contributed by atoms with van der Waals surface area (Å²) in [6, 6.07) is 17.4. The molecule has 41 heavy (non-hydrogen) atoms. The van der Waals surface area contributed by atoms with E-state index in [4.69, 9.17) is 4.84 Å². The fourth-order valence-electron chi connectivity index (χ4n) is 5.78. The van der Waals surface area contributed by atoms with Crippen molar-refractivity contribution in [1.29, 1.82) is 0 Å². The lowest BCUT2D eigenvalue weighted by Gasteiger charge is -2.26. The van der Waals surface area contributed by atoms with Crippen LogP contribution >= 0.6 is 0 Å². The van der Waals surface area contributed by atoms with Gasteiger partial charge in [-0.05, 0) is 43.6 Å². The standard InChI is InChI=1S/C33H44N4O4/c1-25(2)20-27(16-19-37(24-38)41-23-26-12-6-5-7-13-26)32(39)35-30-21-28-22-36(31-15-9-8-14-29(28)31)18-11-4-3-10-17-34-33(30)40/h5-9,12-15,22,24-25,27-28,30H,3-4,10-11,16-21,23H2,1-2H3,(H-,34,35,39,40)/p+1. The van der Waals surface area contributed by atoms with Gasteiger partial charge in [-0.15, -0.1) is 0 Å². The smallest absolute Gasteiger partial charge is 0.242 e. The molecule has 2 N–H and O–H groups in total. The zero-order chi connectivity index (χ0) is 29.0. The molecule has 2 aliphatic rings. The van der Waals surface area contributed by atoms with E-state index in [0.29, 0.717) is 32.2 Å². The van der Waals surface area contributed by atoms with E-state index in [2.05, 4.69) is 53.5 Å². The number of amides is 3. The Morgan fingerprint density at radius 3 is 2.63 bits per heavy atom. The molecule has 2 aromatic rings. The van der Waals surface area contributed by atoms with Crippen molar-refractivity contribution in [3.8, 4) is 0 Å². The third kappa shape index (κ3) is 8.98. The molecule has 2 heterocycles. The zero-order valence-electron chi connectivity index (χ0n) is 24.5. The SMILES string of the molecule is CC(C)CC(CCN(C=O)OCc1ccccc1)C(=O)NC1CC2C=[N+](CCCCCCNC1=O)c1ccccc12. The number of rotatable bonds is 11. The highest BCUT2D eigenvalue weighted by Gasteiger charge is 2.35. The van der Waals surface area contributed by atoms with Crippen LogP contribution < -0.4 is 10.6 Å². The van der Waals surface area contributed by atoms with Crippen molar-refractivity contribution in [1.82, 2.24) is 15.7 Å². The number of hydrogen-bond acceptors (Lipinski definition) is 4. The number of carbonyl (C=O) groups excluding carboxylic acids is 3. The van der Waals surface area contributed by atoms with Gasteiger partial charge in [0.1, 0.15) is 19.2 Å². The Kier molecular flexibility index (Phi) is 11.5. The maximum absolute atomic E-state index is 13.7. The molecular formula is C33H45N4O4+. The van der Waals surface area contributed by atoms with Gasteiger partial charge in [0.05, 0.1) is 5.92 Å². The lowest BCUT2D eigenvalue weighted by atomic mass is 9.91. The number of benzene rings is 2. The van der Waals surface area contributed by atoms with Crippen LogP contribution in [0.4, 0.5) is 5.69 Å². The van der Waals surface area contributed by atoms with E-state index in [1.165, 1.54) is 16.3 Å². The number of carbonyl (C=O) groups is 3. The molecule has 0 radical (unpaired) electrons. The van der Waals surface area contributed by atoms with E-state index >= 15 is 0 Å². The minimum atomic E-state index is -0.649. The molecule has 2 bridgehead atoms. The van der Waals surface area contributed by atoms with Crippen LogP contribution in [0.3, 0.4) is 0 Å². The Hall–Kier alpha value is -3.52. The topological polar surface area (TPSA) is 90.8 Å². The van der Waals surface area contributed by atoms with Gasteiger partial charge in [0.2, 0.25) is 23.9 Å². The first-order chi connectivity index (χ1) is 19.9. The molecule has 0 spiro atoms. The first-order valence-corrected chi connectivity index (χ1v) is 15.1. The van der Waals surface area contributed by atoms with Crippen LogP contribution in [-0.2, 0) is 25.8 Å². The van der Waals surface area contributed by atoms with E-state index in [0.717, 1.165) is 37.8 Å². The van der Waals surface area contributed by atoms with Crippen LogP contribution in [-0.4, -0.2) is 59.8 Å². The summed E-state index contributed by atoms with van der Waals surface area (Å²) in [5.74, 6) is -0.320. The molecule has 2 aliphatic heterocycles. The van der Waals surface area contributed by atoms with Crippen LogP contribution in [0, 0.1) is 11.8 Å². The summed E-state index contributed by atoms with van der Waals surface area (Å²) in [4.78, 5) is 44.5. The van der Waals surface area contributed by atoms with Crippen molar-refractivity contribution in [3.63, 3.8) is 0 Å². The molecule has 8 nitrogen and oxygen atoms in total. The number of hydrogen-bond donors (Lipinski definition) is 2. The largest absolute Gasteiger partial charge is 0.354 e. The molecule has 2 aromatic carbocycles. The van der Waals surface area contributed by atoms with Gasteiger partial charge in [0.15, 0.2) is 6.21 Å². The Bertz CT molecular complexity index is 1180. The van der Waals surface area contributed by atoms with Gasteiger partial charge in [0, 0.05) is 37.1 Å². The predicted octanol–water partition coefficient (Wildman–Crippen LogP) is 4.71. The van der Waals surface area contributed by atoms with E-state index < -0.39 is 6.04 Å². The van der Waals surface area contributed by atoms with Crippen molar-refractivity contribution >= 4 is 30.1 Å². The minimum Gasteiger partial charge on any atom is -0.354 e. The fourth-order valence-corrected chi connectivity index (χ4v) is 5.78. The van der Waals surface area contributed by atoms with Crippen molar-refractivity contribution in [3.05, 3.63) is 65.7 Å². The fraction of sp³-hybridized carbons (Fsp3) is 0.515. The van der Waals surface area contributed by atoms with Gasteiger partial charge in [-0.25, -0.2) is 9.64 Å². The average Bonchev–Trinajstić information content (AvgIpc) is 3.33. The van der Waals surface area contributed by atoms with Gasteiger partial charge in [0.25, 0.3) is 0 Å². The summed E-state index contributed by atoms with van der Waals surface area (Å²) in [5, 5.41) is 7.45. The lowest BCUT2D eigenvalue weighted by molar-refractivity contribution is -0.433. The minimum absolute atomic E-state index is 0.0449. The average molecular weight is 562 g/mol. The maximum atomic E-state index is 13.7. The van der Waals surface area contributed by atoms with Crippen LogP contribution in [0.25, 0.3) is 0 Å². The van der Waals surface area contributed by atoms with Gasteiger partial charge in [-0.1, -0.05) is 68.8 Å². The van der Waals surface area contributed by atoms with Crippen LogP contribution in [0.15, 0.2) is 54.6 Å². The molecule has 0 saturated heterocycles. The number of para-hydroxylation sites is 1. The molecule has 0 saturated carbocycles. The molecule has 0 fully saturated rings. The van der Waals surface area contributed by atoms with Crippen molar-refractivity contribution in [2.45, 2.75) is 77.4 Å². The normalized spacial score (nSPS) is 20.0. The third-order valence-electron chi connectivity index (χ3n) is 7.94. The second-order valence-corrected chi connectivity index (χ2v) is 11.6. The summed E-state index contributed by atoms with van der Waals surface area (Å²) in [6.45, 7) is 6.29. The molecule has 0 aliphatic carbocycles. The monoisotopic (exact) mass is 561 g/mol. The van der Waals surface area contributed by atoms with Crippen LogP contribution in [0.1, 0.15) is 75.8 Å². The number of hydroxylamine groups is 2. The molecule has 3 unspecified atom stereocenters. The Balaban J connectivity index is 1.44. The van der Waals surface area contributed by atoms with Crippen LogP contribution in [0.5, 0.6) is 0 Å². The van der Waals surface area contributed by atoms with E-state index in [9.17, 15) is 14.4 Å². The molecular weight excluding hydrogens is 516 g/mol. The molecule has 3 atom stereocenters. The quantitative estimate of drug-likeness (QED) is 0.236. The zero-order valence-corrected chi connectivity index (χ0v) is 24.5. The second-order valence-electron chi connectivity index (χ2n) is 11.6. The lowest BCUT2D eigenvalue weighted by Crippen LogP contribution is -2.49. The number of nitrogens with zero attached hydrogens (tertiary/aromatic N) is 2. The summed E-state index contributed by atoms with van der Waals surface area (Å²) in [7, 11) is 0. The summed E-state index contributed by atoms with van der Waals surface area (Å²) >= 11 is 0. The van der Waals surface area contributed by atoms with E-state index in [1.807, 2.05) is 36.4 Å². The molecule has 8 heteroatoms. The number of fused-ring (bicyclic) bond motifs is 4. The second kappa shape index (κ2) is 15.5. The van der Waals surface area contributed by atoms with E-state index in [-0.39, 0.29) is 42.7 Å². The van der Waals surface area contributed by atoms with Crippen LogP contribution in [0.2, 0.25) is 0 Å². The first kappa shape index (κ1) is 30.4. The highest BCUT2D eigenvalue weighted by atomic mass is 16.7. The molecule has 220 valence electrons. The predicted molar refractivity (Wildman–Crippen MR) is 160 cm³/mol. The highest BCUT2D eigenvalue weighted by Crippen LogP contribution is 2.34. The highest BCUT2D eigenvalue weighted by molar-refractivity contribution is 5.89. The van der Waals surface area contributed by atoms with Crippen molar-refractivity contribution < 1.29 is 23.8 Å². The van der Waals surface area contributed by atoms with E-state index in [1.54, 1.807) is 0 Å². The van der Waals surface area contributed by atoms with Gasteiger partial charge in [-0.3, -0.25) is 19.2 Å². The molecule has 4 rings (SSSR count). The maximum Gasteiger partial charge on any atom is 0.242 e.